The van der Waals surface area contributed by atoms with Crippen LogP contribution >= 0.6 is 0 Å². The minimum Gasteiger partial charge on any atom is -0.351 e. The number of anilines is 1. The molecule has 1 unspecified atom stereocenters. The molecule has 4 heteroatoms. The van der Waals surface area contributed by atoms with Gasteiger partial charge in [-0.3, -0.25) is 0 Å². The van der Waals surface area contributed by atoms with Gasteiger partial charge in [0, 0.05) is 30.9 Å². The number of rotatable bonds is 5. The van der Waals surface area contributed by atoms with Crippen LogP contribution in [0, 0.1) is 5.82 Å². The smallest absolute Gasteiger partial charge is 0.170 e. The Morgan fingerprint density at radius 3 is 3.05 bits per heavy atom. The van der Waals surface area contributed by atoms with Crippen LogP contribution in [-0.2, 0) is 6.54 Å². The summed E-state index contributed by atoms with van der Waals surface area (Å²) in [5.41, 5.74) is 0.719. The van der Waals surface area contributed by atoms with Crippen LogP contribution in [0.3, 0.4) is 0 Å². The number of nitrogens with one attached hydrogen (secondary N) is 1. The van der Waals surface area contributed by atoms with Gasteiger partial charge in [-0.15, -0.1) is 0 Å². The fourth-order valence-corrected chi connectivity index (χ4v) is 2.62. The Balaban J connectivity index is 2.14. The molecule has 0 aliphatic carbocycles. The molecule has 106 valence electrons. The van der Waals surface area contributed by atoms with Gasteiger partial charge in [0.15, 0.2) is 11.6 Å². The predicted molar refractivity (Wildman–Crippen MR) is 76.9 cm³/mol. The van der Waals surface area contributed by atoms with E-state index >= 15 is 0 Å². The zero-order valence-corrected chi connectivity index (χ0v) is 12.0. The zero-order chi connectivity index (χ0) is 13.7. The third kappa shape index (κ3) is 3.44. The molecule has 1 N–H and O–H groups in total. The Hall–Kier alpha value is -1.16. The molecule has 1 saturated heterocycles. The first-order valence-electron chi connectivity index (χ1n) is 7.34. The molecule has 1 aromatic heterocycles. The van der Waals surface area contributed by atoms with Gasteiger partial charge >= 0.3 is 0 Å². The quantitative estimate of drug-likeness (QED) is 0.829. The molecule has 0 spiro atoms. The van der Waals surface area contributed by atoms with Crippen LogP contribution in [0.2, 0.25) is 0 Å². The summed E-state index contributed by atoms with van der Waals surface area (Å²) >= 11 is 0. The lowest BCUT2D eigenvalue weighted by Crippen LogP contribution is -2.38. The van der Waals surface area contributed by atoms with Crippen molar-refractivity contribution in [1.82, 2.24) is 10.3 Å². The normalized spacial score (nSPS) is 19.7. The van der Waals surface area contributed by atoms with Crippen molar-refractivity contribution in [3.8, 4) is 0 Å². The van der Waals surface area contributed by atoms with Gasteiger partial charge < -0.3 is 10.2 Å². The third-order valence-electron chi connectivity index (χ3n) is 3.77. The first-order chi connectivity index (χ1) is 9.24. The second kappa shape index (κ2) is 6.85. The fraction of sp³-hybridized carbons (Fsp3) is 0.667. The van der Waals surface area contributed by atoms with E-state index in [1.807, 2.05) is 0 Å². The Morgan fingerprint density at radius 1 is 1.47 bits per heavy atom. The highest BCUT2D eigenvalue weighted by atomic mass is 19.1. The van der Waals surface area contributed by atoms with E-state index in [-0.39, 0.29) is 5.82 Å². The highest BCUT2D eigenvalue weighted by Crippen LogP contribution is 2.26. The number of aromatic nitrogens is 1. The largest absolute Gasteiger partial charge is 0.351 e. The summed E-state index contributed by atoms with van der Waals surface area (Å²) in [4.78, 5) is 6.38. The number of hydrogen-bond acceptors (Lipinski definition) is 3. The van der Waals surface area contributed by atoms with Crippen molar-refractivity contribution < 1.29 is 4.39 Å². The molecule has 0 bridgehead atoms. The third-order valence-corrected chi connectivity index (χ3v) is 3.77. The molecule has 0 amide bonds. The van der Waals surface area contributed by atoms with Crippen molar-refractivity contribution in [3.05, 3.63) is 23.6 Å². The van der Waals surface area contributed by atoms with E-state index in [1.54, 1.807) is 12.3 Å². The van der Waals surface area contributed by atoms with Crippen molar-refractivity contribution in [2.75, 3.05) is 18.0 Å². The lowest BCUT2D eigenvalue weighted by Gasteiger charge is -2.34. The molecule has 1 aromatic rings. The number of hydrogen-bond donors (Lipinski definition) is 1. The molecule has 1 fully saturated rings. The van der Waals surface area contributed by atoms with E-state index in [4.69, 9.17) is 0 Å². The number of nitrogens with zero attached hydrogens (tertiary/aromatic N) is 2. The van der Waals surface area contributed by atoms with Crippen molar-refractivity contribution in [1.29, 1.82) is 0 Å². The molecule has 1 aliphatic rings. The molecule has 0 radical (unpaired) electrons. The van der Waals surface area contributed by atoms with E-state index in [0.717, 1.165) is 37.9 Å². The van der Waals surface area contributed by atoms with Gasteiger partial charge in [0.1, 0.15) is 0 Å². The molecule has 19 heavy (non-hydrogen) atoms. The van der Waals surface area contributed by atoms with E-state index < -0.39 is 0 Å². The van der Waals surface area contributed by atoms with Crippen molar-refractivity contribution >= 4 is 5.82 Å². The monoisotopic (exact) mass is 265 g/mol. The Kier molecular flexibility index (Phi) is 5.14. The van der Waals surface area contributed by atoms with E-state index in [9.17, 15) is 4.39 Å². The molecule has 0 aromatic carbocycles. The lowest BCUT2D eigenvalue weighted by atomic mass is 10.0. The van der Waals surface area contributed by atoms with Crippen LogP contribution in [0.15, 0.2) is 12.3 Å². The fourth-order valence-electron chi connectivity index (χ4n) is 2.62. The Morgan fingerprint density at radius 2 is 2.32 bits per heavy atom. The van der Waals surface area contributed by atoms with E-state index in [0.29, 0.717) is 18.4 Å². The Labute approximate surface area is 115 Å². The average Bonchev–Trinajstić information content (AvgIpc) is 2.42. The maximum Gasteiger partial charge on any atom is 0.170 e. The molecule has 1 aliphatic heterocycles. The van der Waals surface area contributed by atoms with Gasteiger partial charge in [-0.1, -0.05) is 6.92 Å². The second-order valence-corrected chi connectivity index (χ2v) is 5.32. The van der Waals surface area contributed by atoms with Gasteiger partial charge in [0.2, 0.25) is 0 Å². The Bertz CT molecular complexity index is 408. The molecule has 0 saturated carbocycles. The first-order valence-corrected chi connectivity index (χ1v) is 7.34. The highest BCUT2D eigenvalue weighted by molar-refractivity contribution is 5.44. The van der Waals surface area contributed by atoms with Crippen molar-refractivity contribution in [2.24, 2.45) is 0 Å². The molecule has 3 nitrogen and oxygen atoms in total. The highest BCUT2D eigenvalue weighted by Gasteiger charge is 2.23. The SMILES string of the molecule is CCCNCc1ccnc(N2CCCCC2C)c1F. The molecular formula is C15H24FN3. The molecule has 2 heterocycles. The van der Waals surface area contributed by atoms with Gasteiger partial charge in [-0.2, -0.15) is 0 Å². The van der Waals surface area contributed by atoms with Crippen LogP contribution < -0.4 is 10.2 Å². The molecule has 2 rings (SSSR count). The maximum atomic E-state index is 14.5. The standard InChI is InChI=1S/C15H24FN3/c1-3-8-17-11-13-7-9-18-15(14(13)16)19-10-5-4-6-12(19)2/h7,9,12,17H,3-6,8,10-11H2,1-2H3. The minimum atomic E-state index is -0.153. The first kappa shape index (κ1) is 14.3. The number of pyridine rings is 1. The number of piperidine rings is 1. The summed E-state index contributed by atoms with van der Waals surface area (Å²) in [5, 5.41) is 3.25. The predicted octanol–water partition coefficient (Wildman–Crippen LogP) is 3.10. The second-order valence-electron chi connectivity index (χ2n) is 5.32. The molecular weight excluding hydrogens is 241 g/mol. The number of halogens is 1. The molecule has 1 atom stereocenters. The topological polar surface area (TPSA) is 28.2 Å². The van der Waals surface area contributed by atoms with Gasteiger partial charge in [0.05, 0.1) is 0 Å². The summed E-state index contributed by atoms with van der Waals surface area (Å²) in [6.07, 6.45) is 6.27. The summed E-state index contributed by atoms with van der Waals surface area (Å²) in [5.74, 6) is 0.378. The van der Waals surface area contributed by atoms with Crippen molar-refractivity contribution in [3.63, 3.8) is 0 Å². The van der Waals surface area contributed by atoms with Crippen LogP contribution in [0.4, 0.5) is 10.2 Å². The summed E-state index contributed by atoms with van der Waals surface area (Å²) < 4.78 is 14.5. The van der Waals surface area contributed by atoms with E-state index in [1.165, 1.54) is 6.42 Å². The van der Waals surface area contributed by atoms with Crippen LogP contribution in [-0.4, -0.2) is 24.1 Å². The van der Waals surface area contributed by atoms with Gasteiger partial charge in [0.25, 0.3) is 0 Å². The summed E-state index contributed by atoms with van der Waals surface area (Å²) in [6, 6.07) is 2.16. The van der Waals surface area contributed by atoms with Gasteiger partial charge in [-0.05, 0) is 45.2 Å². The van der Waals surface area contributed by atoms with Crippen LogP contribution in [0.1, 0.15) is 45.1 Å². The average molecular weight is 265 g/mol. The van der Waals surface area contributed by atoms with Crippen LogP contribution in [0.25, 0.3) is 0 Å². The summed E-state index contributed by atoms with van der Waals surface area (Å²) in [6.45, 7) is 6.67. The minimum absolute atomic E-state index is 0.153. The zero-order valence-electron chi connectivity index (χ0n) is 12.0. The summed E-state index contributed by atoms with van der Waals surface area (Å²) in [7, 11) is 0. The van der Waals surface area contributed by atoms with Gasteiger partial charge in [-0.25, -0.2) is 9.37 Å². The maximum absolute atomic E-state index is 14.5. The van der Waals surface area contributed by atoms with Crippen molar-refractivity contribution in [2.45, 2.75) is 52.1 Å². The van der Waals surface area contributed by atoms with Crippen LogP contribution in [0.5, 0.6) is 0 Å². The lowest BCUT2D eigenvalue weighted by molar-refractivity contribution is 0.468. The van der Waals surface area contributed by atoms with E-state index in [2.05, 4.69) is 29.0 Å².